The average Bonchev–Trinajstić information content (AvgIpc) is 3.02. The van der Waals surface area contributed by atoms with Crippen molar-refractivity contribution in [1.82, 2.24) is 9.62 Å². The Kier molecular flexibility index (Phi) is 6.58. The molecule has 10 nitrogen and oxygen atoms in total. The summed E-state index contributed by atoms with van der Waals surface area (Å²) < 4.78 is 31.5. The molecule has 0 unspecified atom stereocenters. The van der Waals surface area contributed by atoms with Crippen molar-refractivity contribution < 1.29 is 27.5 Å². The number of anilines is 1. The van der Waals surface area contributed by atoms with Gasteiger partial charge in [0.1, 0.15) is 11.9 Å². The molecule has 2 aromatic carbocycles. The fourth-order valence-electron chi connectivity index (χ4n) is 2.88. The largest absolute Gasteiger partial charge is 0.454 e. The smallest absolute Gasteiger partial charge is 0.331 e. The summed E-state index contributed by atoms with van der Waals surface area (Å²) in [6, 6.07) is 11.5. The van der Waals surface area contributed by atoms with E-state index >= 15 is 0 Å². The van der Waals surface area contributed by atoms with Crippen molar-refractivity contribution in [2.75, 3.05) is 26.0 Å². The summed E-state index contributed by atoms with van der Waals surface area (Å²) in [5.41, 5.74) is 1.27. The Balaban J connectivity index is 1.56. The van der Waals surface area contributed by atoms with Gasteiger partial charge in [0.25, 0.3) is 21.8 Å². The normalized spacial score (nSPS) is 15.9. The van der Waals surface area contributed by atoms with E-state index in [9.17, 15) is 22.8 Å². The van der Waals surface area contributed by atoms with Gasteiger partial charge in [-0.05, 0) is 43.3 Å². The van der Waals surface area contributed by atoms with Gasteiger partial charge in [0.05, 0.1) is 4.90 Å². The molecule has 1 aliphatic rings. The highest BCUT2D eigenvalue weighted by Crippen LogP contribution is 2.22. The minimum Gasteiger partial charge on any atom is -0.454 e. The first-order valence-corrected chi connectivity index (χ1v) is 11.0. The van der Waals surface area contributed by atoms with Gasteiger partial charge < -0.3 is 15.0 Å². The Bertz CT molecular complexity index is 1190. The van der Waals surface area contributed by atoms with Gasteiger partial charge in [-0.3, -0.25) is 19.3 Å². The van der Waals surface area contributed by atoms with Crippen molar-refractivity contribution in [2.45, 2.75) is 17.9 Å². The third-order valence-electron chi connectivity index (χ3n) is 4.49. The molecule has 3 rings (SSSR count). The molecule has 0 bridgehead atoms. The number of rotatable bonds is 6. The van der Waals surface area contributed by atoms with Crippen molar-refractivity contribution in [1.29, 1.82) is 0 Å². The van der Waals surface area contributed by atoms with Crippen LogP contribution in [-0.2, 0) is 24.3 Å². The molecule has 11 heteroatoms. The fourth-order valence-corrected chi connectivity index (χ4v) is 4.12. The van der Waals surface area contributed by atoms with E-state index in [0.717, 1.165) is 0 Å². The number of aliphatic imine (C=N–C) groups is 1. The summed E-state index contributed by atoms with van der Waals surface area (Å²) in [7, 11) is -0.446. The molecule has 32 heavy (non-hydrogen) atoms. The molecule has 0 saturated carbocycles. The van der Waals surface area contributed by atoms with Gasteiger partial charge in [-0.25, -0.2) is 13.2 Å². The highest BCUT2D eigenvalue weighted by molar-refractivity contribution is 7.90. The number of sulfonamides is 1. The molecule has 1 heterocycles. The molecule has 0 spiro atoms. The van der Waals surface area contributed by atoms with E-state index in [4.69, 9.17) is 4.74 Å². The van der Waals surface area contributed by atoms with E-state index in [1.165, 1.54) is 17.9 Å². The Morgan fingerprint density at radius 1 is 1.09 bits per heavy atom. The van der Waals surface area contributed by atoms with Crippen LogP contribution in [0.1, 0.15) is 22.8 Å². The molecule has 168 valence electrons. The van der Waals surface area contributed by atoms with E-state index in [-0.39, 0.29) is 16.6 Å². The number of ether oxygens (including phenoxy) is 1. The van der Waals surface area contributed by atoms with Crippen molar-refractivity contribution in [3.05, 3.63) is 59.7 Å². The maximum Gasteiger partial charge on any atom is 0.331 e. The minimum atomic E-state index is -3.72. The second-order valence-corrected chi connectivity index (χ2v) is 8.84. The lowest BCUT2D eigenvalue weighted by Gasteiger charge is -2.11. The van der Waals surface area contributed by atoms with Gasteiger partial charge in [-0.2, -0.15) is 0 Å². The van der Waals surface area contributed by atoms with Crippen LogP contribution in [0.15, 0.2) is 58.4 Å². The summed E-state index contributed by atoms with van der Waals surface area (Å²) >= 11 is 0. The van der Waals surface area contributed by atoms with Gasteiger partial charge in [0.15, 0.2) is 6.61 Å². The summed E-state index contributed by atoms with van der Waals surface area (Å²) in [6.45, 7) is 0.887. The molecular formula is C21H22N4O6S. The van der Waals surface area contributed by atoms with E-state index < -0.39 is 34.5 Å². The number of amidine groups is 1. The number of amides is 2. The van der Waals surface area contributed by atoms with E-state index in [1.54, 1.807) is 56.6 Å². The van der Waals surface area contributed by atoms with Crippen LogP contribution in [0.2, 0.25) is 0 Å². The predicted octanol–water partition coefficient (Wildman–Crippen LogP) is 0.997. The second-order valence-electron chi connectivity index (χ2n) is 7.19. The molecule has 2 amide bonds. The van der Waals surface area contributed by atoms with E-state index in [1.807, 2.05) is 0 Å². The van der Waals surface area contributed by atoms with Crippen LogP contribution >= 0.6 is 0 Å². The first-order valence-electron chi connectivity index (χ1n) is 9.56. The standard InChI is InChI=1S/C21H22N4O6S/c1-13(22-19-16-6-4-5-7-17(16)32(29,30)24-19)21(28)31-12-18(26)23-15-10-8-14(9-11-15)20(27)25(2)3/h4-11,13H,12H2,1-3H3,(H,22,24)(H,23,26)/t13-/m0/s1. The summed E-state index contributed by atoms with van der Waals surface area (Å²) in [5.74, 6) is -1.48. The number of carbonyl (C=O) groups excluding carboxylic acids is 3. The lowest BCUT2D eigenvalue weighted by atomic mass is 10.2. The maximum atomic E-state index is 12.2. The van der Waals surface area contributed by atoms with Crippen LogP contribution in [-0.4, -0.2) is 63.7 Å². The number of esters is 1. The number of carbonyl (C=O) groups is 3. The van der Waals surface area contributed by atoms with Gasteiger partial charge >= 0.3 is 5.97 Å². The number of benzene rings is 2. The molecule has 0 fully saturated rings. The molecule has 1 aliphatic heterocycles. The number of hydrogen-bond acceptors (Lipinski definition) is 7. The molecule has 0 saturated heterocycles. The van der Waals surface area contributed by atoms with Gasteiger partial charge in [-0.1, -0.05) is 12.1 Å². The Morgan fingerprint density at radius 3 is 2.41 bits per heavy atom. The quantitative estimate of drug-likeness (QED) is 0.620. The van der Waals surface area contributed by atoms with Crippen molar-refractivity contribution in [2.24, 2.45) is 4.99 Å². The Labute approximate surface area is 185 Å². The first-order chi connectivity index (χ1) is 15.1. The topological polar surface area (TPSA) is 134 Å². The summed E-state index contributed by atoms with van der Waals surface area (Å²) in [5, 5.41) is 2.56. The number of hydrogen-bond donors (Lipinski definition) is 2. The van der Waals surface area contributed by atoms with Crippen LogP contribution in [0.4, 0.5) is 5.69 Å². The molecular weight excluding hydrogens is 436 g/mol. The molecule has 1 atom stereocenters. The SMILES string of the molecule is C[C@H](N=C1NS(=O)(=O)c2ccccc21)C(=O)OCC(=O)Nc1ccc(C(=O)N(C)C)cc1. The zero-order chi connectivity index (χ0) is 23.5. The monoisotopic (exact) mass is 458 g/mol. The van der Waals surface area contributed by atoms with E-state index in [0.29, 0.717) is 16.8 Å². The number of nitrogens with zero attached hydrogens (tertiary/aromatic N) is 2. The first kappa shape index (κ1) is 22.9. The van der Waals surface area contributed by atoms with Crippen LogP contribution in [0, 0.1) is 0 Å². The zero-order valence-electron chi connectivity index (χ0n) is 17.7. The maximum absolute atomic E-state index is 12.2. The van der Waals surface area contributed by atoms with Crippen molar-refractivity contribution in [3.63, 3.8) is 0 Å². The lowest BCUT2D eigenvalue weighted by Crippen LogP contribution is -2.28. The van der Waals surface area contributed by atoms with Crippen LogP contribution < -0.4 is 10.0 Å². The highest BCUT2D eigenvalue weighted by Gasteiger charge is 2.31. The fraction of sp³-hybridized carbons (Fsp3) is 0.238. The van der Waals surface area contributed by atoms with Crippen LogP contribution in [0.3, 0.4) is 0 Å². The number of nitrogens with one attached hydrogen (secondary N) is 2. The van der Waals surface area contributed by atoms with Crippen LogP contribution in [0.5, 0.6) is 0 Å². The minimum absolute atomic E-state index is 0.0434. The van der Waals surface area contributed by atoms with Crippen molar-refractivity contribution in [3.8, 4) is 0 Å². The Hall–Kier alpha value is -3.73. The second kappa shape index (κ2) is 9.18. The third kappa shape index (κ3) is 5.11. The van der Waals surface area contributed by atoms with Crippen molar-refractivity contribution >= 4 is 39.3 Å². The molecule has 2 N–H and O–H groups in total. The van der Waals surface area contributed by atoms with Gasteiger partial charge in [-0.15, -0.1) is 0 Å². The predicted molar refractivity (Wildman–Crippen MR) is 117 cm³/mol. The van der Waals surface area contributed by atoms with Gasteiger partial charge in [0, 0.05) is 30.9 Å². The average molecular weight is 458 g/mol. The molecule has 0 aliphatic carbocycles. The lowest BCUT2D eigenvalue weighted by molar-refractivity contribution is -0.148. The number of fused-ring (bicyclic) bond motifs is 1. The van der Waals surface area contributed by atoms with Crippen LogP contribution in [0.25, 0.3) is 0 Å². The zero-order valence-corrected chi connectivity index (χ0v) is 18.5. The third-order valence-corrected chi connectivity index (χ3v) is 5.89. The summed E-state index contributed by atoms with van der Waals surface area (Å²) in [6.07, 6.45) is 0. The Morgan fingerprint density at radius 2 is 1.75 bits per heavy atom. The molecule has 0 radical (unpaired) electrons. The van der Waals surface area contributed by atoms with Gasteiger partial charge in [0.2, 0.25) is 0 Å². The van der Waals surface area contributed by atoms with E-state index in [2.05, 4.69) is 15.0 Å². The molecule has 2 aromatic rings. The molecule has 0 aromatic heterocycles. The summed E-state index contributed by atoms with van der Waals surface area (Å²) in [4.78, 5) is 41.8. The highest BCUT2D eigenvalue weighted by atomic mass is 32.2.